The van der Waals surface area contributed by atoms with Crippen molar-refractivity contribution in [3.05, 3.63) is 0 Å². The van der Waals surface area contributed by atoms with Crippen LogP contribution in [0.5, 0.6) is 0 Å². The van der Waals surface area contributed by atoms with Gasteiger partial charge in [-0.1, -0.05) is 13.8 Å². The Balaban J connectivity index is 1.73. The Morgan fingerprint density at radius 2 is 1.89 bits per heavy atom. The van der Waals surface area contributed by atoms with Crippen LogP contribution in [0.3, 0.4) is 0 Å². The maximum Gasteiger partial charge on any atom is 0.220 e. The van der Waals surface area contributed by atoms with Crippen LogP contribution in [0.4, 0.5) is 0 Å². The molecule has 0 bridgehead atoms. The number of hydrogen-bond donors (Lipinski definition) is 2. The number of rotatable bonds is 3. The topological polar surface area (TPSA) is 41.1 Å². The molecule has 2 rings (SSSR count). The van der Waals surface area contributed by atoms with E-state index >= 15 is 0 Å². The number of carbonyl (C=O) groups is 1. The van der Waals surface area contributed by atoms with Crippen molar-refractivity contribution in [2.45, 2.75) is 58.4 Å². The highest BCUT2D eigenvalue weighted by Crippen LogP contribution is 2.28. The van der Waals surface area contributed by atoms with Crippen LogP contribution < -0.4 is 10.6 Å². The second-order valence-corrected chi connectivity index (χ2v) is 6.47. The van der Waals surface area contributed by atoms with Gasteiger partial charge in [-0.3, -0.25) is 4.79 Å². The van der Waals surface area contributed by atoms with Crippen LogP contribution in [0.1, 0.15) is 52.4 Å². The molecule has 1 saturated heterocycles. The molecule has 2 N–H and O–H groups in total. The first-order valence-electron chi connectivity index (χ1n) is 7.65. The summed E-state index contributed by atoms with van der Waals surface area (Å²) in [5.41, 5.74) is 0. The molecule has 18 heavy (non-hydrogen) atoms. The highest BCUT2D eigenvalue weighted by molar-refractivity contribution is 5.76. The molecule has 104 valence electrons. The Bertz CT molecular complexity index is 274. The molecule has 3 heteroatoms. The van der Waals surface area contributed by atoms with Crippen LogP contribution >= 0.6 is 0 Å². The van der Waals surface area contributed by atoms with Gasteiger partial charge in [-0.25, -0.2) is 0 Å². The van der Waals surface area contributed by atoms with E-state index in [2.05, 4.69) is 24.5 Å². The van der Waals surface area contributed by atoms with E-state index in [1.54, 1.807) is 0 Å². The average molecular weight is 252 g/mol. The zero-order valence-corrected chi connectivity index (χ0v) is 11.9. The quantitative estimate of drug-likeness (QED) is 0.809. The Kier molecular flexibility index (Phi) is 5.04. The summed E-state index contributed by atoms with van der Waals surface area (Å²) < 4.78 is 0. The maximum absolute atomic E-state index is 12.1. The van der Waals surface area contributed by atoms with Crippen molar-refractivity contribution in [1.29, 1.82) is 0 Å². The number of nitrogens with one attached hydrogen (secondary N) is 2. The Morgan fingerprint density at radius 1 is 1.17 bits per heavy atom. The molecule has 3 unspecified atom stereocenters. The van der Waals surface area contributed by atoms with Gasteiger partial charge in [0.05, 0.1) is 0 Å². The third-order valence-corrected chi connectivity index (χ3v) is 4.71. The lowest BCUT2D eigenvalue weighted by Crippen LogP contribution is -2.43. The molecular formula is C15H28N2O. The first kappa shape index (κ1) is 13.9. The number of hydrogen-bond acceptors (Lipinski definition) is 2. The van der Waals surface area contributed by atoms with E-state index in [1.807, 2.05) is 0 Å². The maximum atomic E-state index is 12.1. The molecule has 0 aromatic heterocycles. The van der Waals surface area contributed by atoms with E-state index in [9.17, 15) is 4.79 Å². The van der Waals surface area contributed by atoms with E-state index in [4.69, 9.17) is 0 Å². The predicted molar refractivity (Wildman–Crippen MR) is 74.3 cm³/mol. The van der Waals surface area contributed by atoms with E-state index < -0.39 is 0 Å². The molecular weight excluding hydrogens is 224 g/mol. The van der Waals surface area contributed by atoms with Crippen LogP contribution in [0.25, 0.3) is 0 Å². The lowest BCUT2D eigenvalue weighted by Gasteiger charge is -2.33. The van der Waals surface area contributed by atoms with Gasteiger partial charge in [-0.15, -0.1) is 0 Å². The third-order valence-electron chi connectivity index (χ3n) is 4.71. The smallest absolute Gasteiger partial charge is 0.220 e. The van der Waals surface area contributed by atoms with Gasteiger partial charge in [0.1, 0.15) is 0 Å². The molecule has 1 heterocycles. The fraction of sp³-hybridized carbons (Fsp3) is 0.933. The van der Waals surface area contributed by atoms with Crippen molar-refractivity contribution >= 4 is 5.91 Å². The van der Waals surface area contributed by atoms with Crippen LogP contribution in [0.15, 0.2) is 0 Å². The second-order valence-electron chi connectivity index (χ2n) is 6.47. The van der Waals surface area contributed by atoms with Crippen molar-refractivity contribution in [2.75, 3.05) is 13.1 Å². The molecule has 1 aliphatic heterocycles. The van der Waals surface area contributed by atoms with Crippen molar-refractivity contribution in [2.24, 2.45) is 17.8 Å². The van der Waals surface area contributed by atoms with Gasteiger partial charge in [0.2, 0.25) is 5.91 Å². The molecule has 0 spiro atoms. The summed E-state index contributed by atoms with van der Waals surface area (Å²) in [4.78, 5) is 12.1. The normalized spacial score (nSPS) is 34.2. The van der Waals surface area contributed by atoms with Gasteiger partial charge in [-0.2, -0.15) is 0 Å². The van der Waals surface area contributed by atoms with Crippen molar-refractivity contribution in [3.63, 3.8) is 0 Å². The summed E-state index contributed by atoms with van der Waals surface area (Å²) in [5.74, 6) is 2.36. The minimum absolute atomic E-state index is 0.285. The first-order valence-corrected chi connectivity index (χ1v) is 7.65. The van der Waals surface area contributed by atoms with Gasteiger partial charge in [0, 0.05) is 12.5 Å². The average Bonchev–Trinajstić information content (AvgIpc) is 2.34. The van der Waals surface area contributed by atoms with Crippen LogP contribution in [-0.4, -0.2) is 25.0 Å². The van der Waals surface area contributed by atoms with Gasteiger partial charge < -0.3 is 10.6 Å². The van der Waals surface area contributed by atoms with E-state index in [0.717, 1.165) is 38.3 Å². The van der Waals surface area contributed by atoms with E-state index in [0.29, 0.717) is 17.9 Å². The number of carbonyl (C=O) groups excluding carboxylic acids is 1. The van der Waals surface area contributed by atoms with Gasteiger partial charge in [0.25, 0.3) is 0 Å². The molecule has 0 radical (unpaired) electrons. The van der Waals surface area contributed by atoms with Gasteiger partial charge in [-0.05, 0) is 62.9 Å². The summed E-state index contributed by atoms with van der Waals surface area (Å²) in [6, 6.07) is 0.426. The van der Waals surface area contributed by atoms with Crippen molar-refractivity contribution in [1.82, 2.24) is 10.6 Å². The fourth-order valence-electron chi connectivity index (χ4n) is 3.49. The van der Waals surface area contributed by atoms with Crippen LogP contribution in [-0.2, 0) is 4.79 Å². The fourth-order valence-corrected chi connectivity index (χ4v) is 3.49. The SMILES string of the molecule is CC1CCC(NC(=O)CC2CCNCC2)C(C)C1. The zero-order chi connectivity index (χ0) is 13.0. The molecule has 2 fully saturated rings. The largest absolute Gasteiger partial charge is 0.353 e. The summed E-state index contributed by atoms with van der Waals surface area (Å²) in [7, 11) is 0. The lowest BCUT2D eigenvalue weighted by atomic mass is 9.79. The van der Waals surface area contributed by atoms with E-state index in [-0.39, 0.29) is 5.91 Å². The van der Waals surface area contributed by atoms with E-state index in [1.165, 1.54) is 19.3 Å². The Labute approximate surface area is 111 Å². The number of amides is 1. The van der Waals surface area contributed by atoms with Gasteiger partial charge >= 0.3 is 0 Å². The second kappa shape index (κ2) is 6.55. The zero-order valence-electron chi connectivity index (χ0n) is 11.9. The molecule has 0 aromatic rings. The predicted octanol–water partition coefficient (Wildman–Crippen LogP) is 2.32. The number of piperidine rings is 1. The molecule has 3 nitrogen and oxygen atoms in total. The van der Waals surface area contributed by atoms with Crippen LogP contribution in [0, 0.1) is 17.8 Å². The molecule has 1 aliphatic carbocycles. The third kappa shape index (κ3) is 3.98. The summed E-state index contributed by atoms with van der Waals surface area (Å²) in [5, 5.41) is 6.63. The minimum Gasteiger partial charge on any atom is -0.353 e. The Morgan fingerprint density at radius 3 is 2.56 bits per heavy atom. The van der Waals surface area contributed by atoms with Crippen molar-refractivity contribution < 1.29 is 4.79 Å². The Hall–Kier alpha value is -0.570. The van der Waals surface area contributed by atoms with Crippen LogP contribution in [0.2, 0.25) is 0 Å². The highest BCUT2D eigenvalue weighted by Gasteiger charge is 2.27. The monoisotopic (exact) mass is 252 g/mol. The summed E-state index contributed by atoms with van der Waals surface area (Å²) in [6.45, 7) is 6.76. The summed E-state index contributed by atoms with van der Waals surface area (Å²) in [6.07, 6.45) is 6.75. The molecule has 3 atom stereocenters. The highest BCUT2D eigenvalue weighted by atomic mass is 16.1. The minimum atomic E-state index is 0.285. The molecule has 0 aromatic carbocycles. The first-order chi connectivity index (χ1) is 8.65. The van der Waals surface area contributed by atoms with Gasteiger partial charge in [0.15, 0.2) is 0 Å². The lowest BCUT2D eigenvalue weighted by molar-refractivity contribution is -0.123. The molecule has 1 saturated carbocycles. The van der Waals surface area contributed by atoms with Crippen molar-refractivity contribution in [3.8, 4) is 0 Å². The standard InChI is InChI=1S/C15H28N2O/c1-11-3-4-14(12(2)9-11)17-15(18)10-13-5-7-16-8-6-13/h11-14,16H,3-10H2,1-2H3,(H,17,18). The molecule has 2 aliphatic rings. The molecule has 1 amide bonds. The summed E-state index contributed by atoms with van der Waals surface area (Å²) >= 11 is 0.